The molecule has 0 amide bonds. The van der Waals surface area contributed by atoms with Gasteiger partial charge >= 0.3 is 0 Å². The molecule has 0 saturated carbocycles. The Morgan fingerprint density at radius 1 is 1.28 bits per heavy atom. The van der Waals surface area contributed by atoms with Gasteiger partial charge in [-0.1, -0.05) is 12.5 Å². The second-order valence-corrected chi connectivity index (χ2v) is 7.17. The van der Waals surface area contributed by atoms with E-state index in [0.29, 0.717) is 5.69 Å². The van der Waals surface area contributed by atoms with Gasteiger partial charge in [0.2, 0.25) is 0 Å². The number of pyridine rings is 1. The van der Waals surface area contributed by atoms with Crippen LogP contribution in [0.25, 0.3) is 0 Å². The number of Topliss-reactive ketones (excluding diaryl/α,β-unsaturated/α-hetero) is 1. The zero-order valence-corrected chi connectivity index (χ0v) is 11.6. The molecule has 0 radical (unpaired) electrons. The molecule has 2 fully saturated rings. The van der Waals surface area contributed by atoms with E-state index in [2.05, 4.69) is 16.7 Å². The van der Waals surface area contributed by atoms with Gasteiger partial charge in [-0.3, -0.25) is 9.78 Å². The van der Waals surface area contributed by atoms with E-state index >= 15 is 0 Å². The predicted octanol–water partition coefficient (Wildman–Crippen LogP) is 3.64. The Morgan fingerprint density at radius 3 is 2.61 bits per heavy atom. The van der Waals surface area contributed by atoms with E-state index in [1.54, 1.807) is 6.20 Å². The summed E-state index contributed by atoms with van der Waals surface area (Å²) >= 11 is 2.12. The van der Waals surface area contributed by atoms with Crippen LogP contribution in [0.15, 0.2) is 18.3 Å². The second-order valence-electron chi connectivity index (χ2n) is 5.56. The highest BCUT2D eigenvalue weighted by atomic mass is 32.2. The molecule has 0 aliphatic carbocycles. The molecule has 0 spiro atoms. The van der Waals surface area contributed by atoms with Crippen LogP contribution in [-0.2, 0) is 0 Å². The van der Waals surface area contributed by atoms with Gasteiger partial charge in [0, 0.05) is 22.6 Å². The van der Waals surface area contributed by atoms with Gasteiger partial charge < -0.3 is 0 Å². The molecule has 18 heavy (non-hydrogen) atoms. The third-order valence-electron chi connectivity index (χ3n) is 4.07. The molecule has 2 saturated heterocycles. The minimum absolute atomic E-state index is 0.219. The first-order chi connectivity index (χ1) is 8.72. The Bertz CT molecular complexity index is 430. The van der Waals surface area contributed by atoms with Crippen molar-refractivity contribution in [3.63, 3.8) is 0 Å². The number of aryl methyl sites for hydroxylation is 1. The molecule has 2 nitrogen and oxygen atoms in total. The van der Waals surface area contributed by atoms with E-state index in [9.17, 15) is 4.79 Å². The van der Waals surface area contributed by atoms with Gasteiger partial charge in [0.15, 0.2) is 5.78 Å². The lowest BCUT2D eigenvalue weighted by Gasteiger charge is -2.37. The van der Waals surface area contributed by atoms with Crippen molar-refractivity contribution in [2.24, 2.45) is 5.92 Å². The molecule has 3 heterocycles. The third-order valence-corrected chi connectivity index (χ3v) is 5.69. The number of ketones is 1. The number of fused-ring (bicyclic) bond motifs is 2. The molecule has 2 bridgehead atoms. The molecule has 3 heteroatoms. The summed E-state index contributed by atoms with van der Waals surface area (Å²) in [4.78, 5) is 16.8. The van der Waals surface area contributed by atoms with Gasteiger partial charge in [-0.2, -0.15) is 11.8 Å². The Hall–Kier alpha value is -0.830. The Kier molecular flexibility index (Phi) is 3.42. The summed E-state index contributed by atoms with van der Waals surface area (Å²) in [5.74, 6) is 0.490. The van der Waals surface area contributed by atoms with Crippen molar-refractivity contribution in [3.8, 4) is 0 Å². The van der Waals surface area contributed by atoms with Crippen LogP contribution in [0.4, 0.5) is 0 Å². The summed E-state index contributed by atoms with van der Waals surface area (Å²) in [5.41, 5.74) is 1.78. The van der Waals surface area contributed by atoms with E-state index in [-0.39, 0.29) is 11.7 Å². The topological polar surface area (TPSA) is 30.0 Å². The molecule has 0 N–H and O–H groups in total. The summed E-state index contributed by atoms with van der Waals surface area (Å²) in [7, 11) is 0. The maximum Gasteiger partial charge on any atom is 0.184 e. The molecule has 0 aromatic carbocycles. The van der Waals surface area contributed by atoms with Crippen molar-refractivity contribution in [1.82, 2.24) is 4.98 Å². The van der Waals surface area contributed by atoms with Gasteiger partial charge in [-0.15, -0.1) is 0 Å². The van der Waals surface area contributed by atoms with Crippen LogP contribution in [0, 0.1) is 12.8 Å². The van der Waals surface area contributed by atoms with Crippen LogP contribution in [-0.4, -0.2) is 21.3 Å². The number of aromatic nitrogens is 1. The van der Waals surface area contributed by atoms with Crippen LogP contribution in [0.2, 0.25) is 0 Å². The van der Waals surface area contributed by atoms with Gasteiger partial charge in [-0.05, 0) is 44.2 Å². The molecule has 96 valence electrons. The quantitative estimate of drug-likeness (QED) is 0.761. The maximum absolute atomic E-state index is 12.5. The first-order valence-electron chi connectivity index (χ1n) is 6.84. The Balaban J connectivity index is 1.74. The average molecular weight is 261 g/mol. The lowest BCUT2D eigenvalue weighted by atomic mass is 9.85. The van der Waals surface area contributed by atoms with E-state index < -0.39 is 0 Å². The fraction of sp³-hybridized carbons (Fsp3) is 0.600. The van der Waals surface area contributed by atoms with Gasteiger partial charge in [0.1, 0.15) is 5.69 Å². The second kappa shape index (κ2) is 5.04. The van der Waals surface area contributed by atoms with Crippen LogP contribution in [0.5, 0.6) is 0 Å². The van der Waals surface area contributed by atoms with Crippen LogP contribution in [0.1, 0.15) is 48.2 Å². The zero-order chi connectivity index (χ0) is 12.5. The number of hydrogen-bond donors (Lipinski definition) is 0. The number of nitrogens with zero attached hydrogens (tertiary/aromatic N) is 1. The van der Waals surface area contributed by atoms with Crippen LogP contribution in [0.3, 0.4) is 0 Å². The average Bonchev–Trinajstić information content (AvgIpc) is 2.38. The molecular weight excluding hydrogens is 242 g/mol. The highest BCUT2D eigenvalue weighted by Gasteiger charge is 2.36. The predicted molar refractivity (Wildman–Crippen MR) is 75.0 cm³/mol. The normalized spacial score (nSPS) is 31.1. The standard InChI is InChI=1S/C15H19NOS/c1-10-5-6-14(16-9-10)15(17)11-7-12-3-2-4-13(8-11)18-12/h5-6,9,11-13H,2-4,7-8H2,1H3. The minimum atomic E-state index is 0.219. The molecule has 2 aliphatic heterocycles. The number of hydrogen-bond acceptors (Lipinski definition) is 3. The van der Waals surface area contributed by atoms with E-state index in [1.807, 2.05) is 19.1 Å². The summed E-state index contributed by atoms with van der Waals surface area (Å²) in [6.45, 7) is 2.00. The smallest absolute Gasteiger partial charge is 0.184 e. The van der Waals surface area contributed by atoms with Gasteiger partial charge in [-0.25, -0.2) is 0 Å². The van der Waals surface area contributed by atoms with Crippen LogP contribution < -0.4 is 0 Å². The summed E-state index contributed by atoms with van der Waals surface area (Å²) in [6, 6.07) is 3.87. The molecule has 1 aromatic rings. The monoisotopic (exact) mass is 261 g/mol. The van der Waals surface area contributed by atoms with Crippen molar-refractivity contribution in [2.75, 3.05) is 0 Å². The highest BCUT2D eigenvalue weighted by molar-refractivity contribution is 8.00. The van der Waals surface area contributed by atoms with Crippen molar-refractivity contribution in [2.45, 2.75) is 49.5 Å². The fourth-order valence-corrected chi connectivity index (χ4v) is 4.93. The van der Waals surface area contributed by atoms with Crippen molar-refractivity contribution < 1.29 is 4.79 Å². The van der Waals surface area contributed by atoms with Crippen molar-refractivity contribution >= 4 is 17.5 Å². The van der Waals surface area contributed by atoms with Crippen LogP contribution >= 0.6 is 11.8 Å². The summed E-state index contributed by atoms with van der Waals surface area (Å²) < 4.78 is 0. The van der Waals surface area contributed by atoms with Gasteiger partial charge in [0.25, 0.3) is 0 Å². The summed E-state index contributed by atoms with van der Waals surface area (Å²) in [5, 5.41) is 1.44. The number of rotatable bonds is 2. The minimum Gasteiger partial charge on any atom is -0.292 e. The first kappa shape index (κ1) is 12.2. The number of carbonyl (C=O) groups excluding carboxylic acids is 1. The van der Waals surface area contributed by atoms with Gasteiger partial charge in [0.05, 0.1) is 0 Å². The third kappa shape index (κ3) is 2.46. The number of thioether (sulfide) groups is 1. The maximum atomic E-state index is 12.5. The van der Waals surface area contributed by atoms with Crippen molar-refractivity contribution in [3.05, 3.63) is 29.6 Å². The highest BCUT2D eigenvalue weighted by Crippen LogP contribution is 2.44. The lowest BCUT2D eigenvalue weighted by Crippen LogP contribution is -2.33. The lowest BCUT2D eigenvalue weighted by molar-refractivity contribution is 0.0891. The largest absolute Gasteiger partial charge is 0.292 e. The first-order valence-corrected chi connectivity index (χ1v) is 7.79. The molecule has 2 aliphatic rings. The molecule has 1 aromatic heterocycles. The molecule has 3 rings (SSSR count). The molecule has 2 unspecified atom stereocenters. The molecule has 2 atom stereocenters. The van der Waals surface area contributed by atoms with E-state index in [4.69, 9.17) is 0 Å². The Labute approximate surface area is 113 Å². The Morgan fingerprint density at radius 2 is 2.00 bits per heavy atom. The zero-order valence-electron chi connectivity index (χ0n) is 10.8. The molecular formula is C15H19NOS. The van der Waals surface area contributed by atoms with Crippen molar-refractivity contribution in [1.29, 1.82) is 0 Å². The fourth-order valence-electron chi connectivity index (χ4n) is 3.10. The SMILES string of the molecule is Cc1ccc(C(=O)C2CC3CCCC(C2)S3)nc1. The van der Waals surface area contributed by atoms with E-state index in [1.165, 1.54) is 19.3 Å². The number of carbonyl (C=O) groups is 1. The summed E-state index contributed by atoms with van der Waals surface area (Å²) in [6.07, 6.45) is 7.88. The van der Waals surface area contributed by atoms with E-state index in [0.717, 1.165) is 28.9 Å².